The van der Waals surface area contributed by atoms with E-state index in [-0.39, 0.29) is 5.91 Å². The lowest BCUT2D eigenvalue weighted by Crippen LogP contribution is -2.44. The van der Waals surface area contributed by atoms with Crippen molar-refractivity contribution in [3.8, 4) is 0 Å². The number of hydrogen-bond donors (Lipinski definition) is 2. The summed E-state index contributed by atoms with van der Waals surface area (Å²) in [7, 11) is 0. The van der Waals surface area contributed by atoms with Crippen LogP contribution in [-0.2, 0) is 0 Å². The molecule has 1 aliphatic carbocycles. The first-order valence-electron chi connectivity index (χ1n) is 8.24. The van der Waals surface area contributed by atoms with Gasteiger partial charge in [-0.15, -0.1) is 0 Å². The zero-order chi connectivity index (χ0) is 15.4. The standard InChI is InChI=1S/C16H24N4O2/c21-14(19-12-16(22)6-2-1-3-7-16)13-10-17-15(18-11-13)20-8-4-5-9-20/h10-11,22H,1-9,12H2,(H,19,21). The summed E-state index contributed by atoms with van der Waals surface area (Å²) >= 11 is 0. The monoisotopic (exact) mass is 304 g/mol. The summed E-state index contributed by atoms with van der Waals surface area (Å²) in [6.07, 6.45) is 10.2. The number of carbonyl (C=O) groups excluding carboxylic acids is 1. The van der Waals surface area contributed by atoms with Crippen LogP contribution in [0.2, 0.25) is 0 Å². The van der Waals surface area contributed by atoms with Gasteiger partial charge in [-0.25, -0.2) is 9.97 Å². The summed E-state index contributed by atoms with van der Waals surface area (Å²) in [5.41, 5.74) is -0.299. The fourth-order valence-electron chi connectivity index (χ4n) is 3.25. The fraction of sp³-hybridized carbons (Fsp3) is 0.688. The Bertz CT molecular complexity index is 505. The van der Waals surface area contributed by atoms with Gasteiger partial charge in [0.1, 0.15) is 0 Å². The summed E-state index contributed by atoms with van der Waals surface area (Å²) < 4.78 is 0. The predicted octanol–water partition coefficient (Wildman–Crippen LogP) is 1.50. The van der Waals surface area contributed by atoms with E-state index in [2.05, 4.69) is 20.2 Å². The van der Waals surface area contributed by atoms with Crippen molar-refractivity contribution in [2.45, 2.75) is 50.5 Å². The minimum absolute atomic E-state index is 0.216. The Morgan fingerprint density at radius 3 is 2.41 bits per heavy atom. The van der Waals surface area contributed by atoms with Crippen LogP contribution in [0.4, 0.5) is 5.95 Å². The molecule has 1 saturated heterocycles. The van der Waals surface area contributed by atoms with Crippen LogP contribution in [0.5, 0.6) is 0 Å². The normalized spacial score (nSPS) is 20.9. The average Bonchev–Trinajstić information content (AvgIpc) is 3.08. The molecule has 1 aromatic rings. The minimum atomic E-state index is -0.746. The van der Waals surface area contributed by atoms with Crippen LogP contribution in [-0.4, -0.2) is 46.2 Å². The highest BCUT2D eigenvalue weighted by atomic mass is 16.3. The first-order chi connectivity index (χ1) is 10.7. The number of anilines is 1. The molecule has 0 spiro atoms. The second-order valence-corrected chi connectivity index (χ2v) is 6.43. The Kier molecular flexibility index (Phi) is 4.57. The van der Waals surface area contributed by atoms with Crippen LogP contribution >= 0.6 is 0 Å². The van der Waals surface area contributed by atoms with E-state index >= 15 is 0 Å². The maximum atomic E-state index is 12.1. The largest absolute Gasteiger partial charge is 0.388 e. The molecule has 6 heteroatoms. The molecule has 6 nitrogen and oxygen atoms in total. The SMILES string of the molecule is O=C(NCC1(O)CCCCC1)c1cnc(N2CCCC2)nc1. The van der Waals surface area contributed by atoms with Gasteiger partial charge >= 0.3 is 0 Å². The summed E-state index contributed by atoms with van der Waals surface area (Å²) in [4.78, 5) is 22.8. The van der Waals surface area contributed by atoms with Crippen molar-refractivity contribution >= 4 is 11.9 Å². The van der Waals surface area contributed by atoms with Gasteiger partial charge in [0, 0.05) is 32.0 Å². The van der Waals surface area contributed by atoms with Crippen molar-refractivity contribution < 1.29 is 9.90 Å². The summed E-state index contributed by atoms with van der Waals surface area (Å²) in [5.74, 6) is 0.479. The molecule has 0 atom stereocenters. The highest BCUT2D eigenvalue weighted by Crippen LogP contribution is 2.27. The zero-order valence-electron chi connectivity index (χ0n) is 12.9. The maximum absolute atomic E-state index is 12.1. The summed E-state index contributed by atoms with van der Waals surface area (Å²) in [6, 6.07) is 0. The molecule has 1 saturated carbocycles. The molecule has 0 unspecified atom stereocenters. The molecule has 1 aliphatic heterocycles. The van der Waals surface area contributed by atoms with Crippen molar-refractivity contribution in [3.05, 3.63) is 18.0 Å². The topological polar surface area (TPSA) is 78.3 Å². The third-order valence-corrected chi connectivity index (χ3v) is 4.65. The number of nitrogens with zero attached hydrogens (tertiary/aromatic N) is 3. The number of aromatic nitrogens is 2. The number of nitrogens with one attached hydrogen (secondary N) is 1. The quantitative estimate of drug-likeness (QED) is 0.881. The second kappa shape index (κ2) is 6.60. The molecule has 2 heterocycles. The highest BCUT2D eigenvalue weighted by molar-refractivity contribution is 5.93. The van der Waals surface area contributed by atoms with Crippen molar-refractivity contribution in [3.63, 3.8) is 0 Å². The van der Waals surface area contributed by atoms with E-state index in [1.807, 2.05) is 0 Å². The van der Waals surface area contributed by atoms with E-state index < -0.39 is 5.60 Å². The Balaban J connectivity index is 1.55. The maximum Gasteiger partial charge on any atom is 0.254 e. The van der Waals surface area contributed by atoms with Gasteiger partial charge in [-0.05, 0) is 25.7 Å². The van der Waals surface area contributed by atoms with E-state index in [0.29, 0.717) is 18.1 Å². The Labute approximate surface area is 131 Å². The molecule has 120 valence electrons. The lowest BCUT2D eigenvalue weighted by atomic mass is 9.85. The lowest BCUT2D eigenvalue weighted by Gasteiger charge is -2.32. The van der Waals surface area contributed by atoms with Crippen LogP contribution in [0, 0.1) is 0 Å². The molecule has 0 aromatic carbocycles. The Morgan fingerprint density at radius 2 is 1.77 bits per heavy atom. The van der Waals surface area contributed by atoms with Gasteiger partial charge < -0.3 is 15.3 Å². The number of carbonyl (C=O) groups is 1. The number of hydrogen-bond acceptors (Lipinski definition) is 5. The molecule has 2 aliphatic rings. The summed E-state index contributed by atoms with van der Waals surface area (Å²) in [5, 5.41) is 13.2. The Morgan fingerprint density at radius 1 is 1.14 bits per heavy atom. The van der Waals surface area contributed by atoms with E-state index in [4.69, 9.17) is 0 Å². The lowest BCUT2D eigenvalue weighted by molar-refractivity contribution is 0.00525. The number of amides is 1. The molecule has 22 heavy (non-hydrogen) atoms. The van der Waals surface area contributed by atoms with Crippen LogP contribution in [0.25, 0.3) is 0 Å². The first kappa shape index (κ1) is 15.2. The van der Waals surface area contributed by atoms with Crippen LogP contribution in [0.1, 0.15) is 55.3 Å². The fourth-order valence-corrected chi connectivity index (χ4v) is 3.25. The van der Waals surface area contributed by atoms with E-state index in [0.717, 1.165) is 38.8 Å². The van der Waals surface area contributed by atoms with Crippen molar-refractivity contribution in [2.24, 2.45) is 0 Å². The third kappa shape index (κ3) is 3.55. The van der Waals surface area contributed by atoms with Crippen molar-refractivity contribution in [1.29, 1.82) is 0 Å². The molecular formula is C16H24N4O2. The molecule has 2 fully saturated rings. The van der Waals surface area contributed by atoms with Gasteiger partial charge in [0.2, 0.25) is 5.95 Å². The van der Waals surface area contributed by atoms with Gasteiger partial charge in [0.25, 0.3) is 5.91 Å². The molecular weight excluding hydrogens is 280 g/mol. The molecule has 3 rings (SSSR count). The number of aliphatic hydroxyl groups is 1. The third-order valence-electron chi connectivity index (χ3n) is 4.65. The molecule has 0 radical (unpaired) electrons. The number of rotatable bonds is 4. The van der Waals surface area contributed by atoms with Gasteiger partial charge in [-0.2, -0.15) is 0 Å². The molecule has 2 N–H and O–H groups in total. The smallest absolute Gasteiger partial charge is 0.254 e. The predicted molar refractivity (Wildman–Crippen MR) is 83.8 cm³/mol. The van der Waals surface area contributed by atoms with Gasteiger partial charge in [-0.1, -0.05) is 19.3 Å². The van der Waals surface area contributed by atoms with Gasteiger partial charge in [0.05, 0.1) is 11.2 Å². The van der Waals surface area contributed by atoms with Gasteiger partial charge in [0.15, 0.2) is 0 Å². The molecule has 0 bridgehead atoms. The Hall–Kier alpha value is -1.69. The van der Waals surface area contributed by atoms with Crippen LogP contribution < -0.4 is 10.2 Å². The average molecular weight is 304 g/mol. The minimum Gasteiger partial charge on any atom is -0.388 e. The highest BCUT2D eigenvalue weighted by Gasteiger charge is 2.29. The molecule has 1 amide bonds. The first-order valence-corrected chi connectivity index (χ1v) is 8.24. The summed E-state index contributed by atoms with van der Waals surface area (Å²) in [6.45, 7) is 2.27. The van der Waals surface area contributed by atoms with Gasteiger partial charge in [-0.3, -0.25) is 4.79 Å². The van der Waals surface area contributed by atoms with E-state index in [1.54, 1.807) is 12.4 Å². The van der Waals surface area contributed by atoms with Crippen molar-refractivity contribution in [2.75, 3.05) is 24.5 Å². The van der Waals surface area contributed by atoms with Crippen LogP contribution in [0.3, 0.4) is 0 Å². The van der Waals surface area contributed by atoms with E-state index in [9.17, 15) is 9.90 Å². The zero-order valence-corrected chi connectivity index (χ0v) is 12.9. The van der Waals surface area contributed by atoms with Crippen LogP contribution in [0.15, 0.2) is 12.4 Å². The van der Waals surface area contributed by atoms with E-state index in [1.165, 1.54) is 19.3 Å². The van der Waals surface area contributed by atoms with Crippen molar-refractivity contribution in [1.82, 2.24) is 15.3 Å². The second-order valence-electron chi connectivity index (χ2n) is 6.43. The molecule has 1 aromatic heterocycles.